The van der Waals surface area contributed by atoms with Crippen molar-refractivity contribution in [1.29, 1.82) is 5.26 Å². The molecule has 0 bridgehead atoms. The molecule has 76 valence electrons. The summed E-state index contributed by atoms with van der Waals surface area (Å²) in [5, 5.41) is 8.72. The zero-order valence-corrected chi connectivity index (χ0v) is 9.21. The molecular formula is C13H19N. The van der Waals surface area contributed by atoms with Gasteiger partial charge in [-0.2, -0.15) is 5.26 Å². The van der Waals surface area contributed by atoms with Crippen molar-refractivity contribution in [3.05, 3.63) is 17.9 Å². The molecule has 1 heteroatoms. The Kier molecular flexibility index (Phi) is 3.98. The molecule has 2 atom stereocenters. The molecule has 1 saturated carbocycles. The van der Waals surface area contributed by atoms with Gasteiger partial charge in [0.25, 0.3) is 0 Å². The summed E-state index contributed by atoms with van der Waals surface area (Å²) in [6.07, 6.45) is 4.60. The first kappa shape index (κ1) is 11.1. The Morgan fingerprint density at radius 1 is 1.57 bits per heavy atom. The number of nitrogens with zero attached hydrogens (tertiary/aromatic N) is 1. The number of rotatable bonds is 5. The van der Waals surface area contributed by atoms with Gasteiger partial charge in [0, 0.05) is 5.92 Å². The van der Waals surface area contributed by atoms with Crippen LogP contribution in [-0.4, -0.2) is 0 Å². The van der Waals surface area contributed by atoms with Crippen LogP contribution < -0.4 is 0 Å². The van der Waals surface area contributed by atoms with E-state index in [2.05, 4.69) is 32.2 Å². The smallest absolute Gasteiger partial charge is 0.0662 e. The van der Waals surface area contributed by atoms with Gasteiger partial charge in [0.05, 0.1) is 12.0 Å². The Hall–Kier alpha value is -0.990. The molecule has 0 saturated heterocycles. The van der Waals surface area contributed by atoms with Gasteiger partial charge in [-0.1, -0.05) is 26.8 Å². The van der Waals surface area contributed by atoms with E-state index in [0.717, 1.165) is 18.8 Å². The van der Waals surface area contributed by atoms with E-state index in [4.69, 9.17) is 5.26 Å². The van der Waals surface area contributed by atoms with Crippen molar-refractivity contribution < 1.29 is 0 Å². The molecule has 0 aliphatic heterocycles. The van der Waals surface area contributed by atoms with E-state index >= 15 is 0 Å². The summed E-state index contributed by atoms with van der Waals surface area (Å²) in [6.45, 7) is 8.20. The average Bonchev–Trinajstić information content (AvgIpc) is 2.91. The molecule has 0 aromatic rings. The summed E-state index contributed by atoms with van der Waals surface area (Å²) in [5.41, 5.74) is 4.31. The van der Waals surface area contributed by atoms with Crippen LogP contribution in [0.1, 0.15) is 39.5 Å². The predicted molar refractivity (Wildman–Crippen MR) is 58.6 cm³/mol. The molecule has 0 N–H and O–H groups in total. The SMILES string of the molecule is C=C=C(CCCC(C)C)C1CC1C#N. The van der Waals surface area contributed by atoms with Crippen LogP contribution in [0, 0.1) is 29.1 Å². The summed E-state index contributed by atoms with van der Waals surface area (Å²) in [7, 11) is 0. The van der Waals surface area contributed by atoms with E-state index in [1.807, 2.05) is 0 Å². The zero-order valence-electron chi connectivity index (χ0n) is 9.21. The summed E-state index contributed by atoms with van der Waals surface area (Å²) in [5.74, 6) is 1.52. The number of nitriles is 1. The minimum atomic E-state index is 0.262. The van der Waals surface area contributed by atoms with Crippen molar-refractivity contribution in [2.75, 3.05) is 0 Å². The fourth-order valence-corrected chi connectivity index (χ4v) is 1.83. The maximum Gasteiger partial charge on any atom is 0.0662 e. The van der Waals surface area contributed by atoms with Crippen LogP contribution in [0.25, 0.3) is 0 Å². The number of hydrogen-bond acceptors (Lipinski definition) is 1. The van der Waals surface area contributed by atoms with Crippen LogP contribution in [0.4, 0.5) is 0 Å². The van der Waals surface area contributed by atoms with Crippen LogP contribution >= 0.6 is 0 Å². The third-order valence-corrected chi connectivity index (χ3v) is 2.86. The minimum Gasteiger partial charge on any atom is -0.198 e. The topological polar surface area (TPSA) is 23.8 Å². The molecule has 1 nitrogen and oxygen atoms in total. The Balaban J connectivity index is 2.29. The molecule has 0 aromatic carbocycles. The largest absolute Gasteiger partial charge is 0.198 e. The van der Waals surface area contributed by atoms with Crippen molar-refractivity contribution in [3.8, 4) is 6.07 Å². The molecule has 0 aromatic heterocycles. The van der Waals surface area contributed by atoms with Gasteiger partial charge in [-0.3, -0.25) is 0 Å². The van der Waals surface area contributed by atoms with Crippen molar-refractivity contribution in [2.24, 2.45) is 17.8 Å². The van der Waals surface area contributed by atoms with Gasteiger partial charge in [0.1, 0.15) is 0 Å². The second kappa shape index (κ2) is 5.03. The van der Waals surface area contributed by atoms with Crippen LogP contribution in [-0.2, 0) is 0 Å². The van der Waals surface area contributed by atoms with Crippen LogP contribution in [0.3, 0.4) is 0 Å². The first-order valence-electron chi connectivity index (χ1n) is 5.47. The maximum absolute atomic E-state index is 8.72. The first-order chi connectivity index (χ1) is 6.69. The van der Waals surface area contributed by atoms with Crippen molar-refractivity contribution in [3.63, 3.8) is 0 Å². The number of hydrogen-bond donors (Lipinski definition) is 0. The Bertz CT molecular complexity index is 276. The summed E-state index contributed by atoms with van der Waals surface area (Å²) in [4.78, 5) is 0. The normalized spacial score (nSPS) is 24.1. The molecule has 1 aliphatic carbocycles. The lowest BCUT2D eigenvalue weighted by atomic mass is 10.00. The molecule has 1 fully saturated rings. The second-order valence-corrected chi connectivity index (χ2v) is 4.57. The van der Waals surface area contributed by atoms with E-state index in [1.54, 1.807) is 0 Å². The van der Waals surface area contributed by atoms with Gasteiger partial charge in [-0.05, 0) is 30.8 Å². The standard InChI is InChI=1S/C13H19N/c1-4-11(7-5-6-10(2)3)13-8-12(13)9-14/h10,12-13H,1,5-8H2,2-3H3. The Morgan fingerprint density at radius 3 is 2.71 bits per heavy atom. The monoisotopic (exact) mass is 189 g/mol. The molecule has 1 aliphatic rings. The van der Waals surface area contributed by atoms with E-state index in [9.17, 15) is 0 Å². The van der Waals surface area contributed by atoms with Crippen molar-refractivity contribution in [2.45, 2.75) is 39.5 Å². The van der Waals surface area contributed by atoms with Crippen LogP contribution in [0.2, 0.25) is 0 Å². The second-order valence-electron chi connectivity index (χ2n) is 4.57. The lowest BCUT2D eigenvalue weighted by molar-refractivity contribution is 0.549. The van der Waals surface area contributed by atoms with E-state index in [0.29, 0.717) is 5.92 Å². The third-order valence-electron chi connectivity index (χ3n) is 2.86. The van der Waals surface area contributed by atoms with Gasteiger partial charge < -0.3 is 0 Å². The van der Waals surface area contributed by atoms with Gasteiger partial charge in [0.15, 0.2) is 0 Å². The Labute approximate surface area is 87.1 Å². The first-order valence-corrected chi connectivity index (χ1v) is 5.47. The highest BCUT2D eigenvalue weighted by Gasteiger charge is 2.39. The summed E-state index contributed by atoms with van der Waals surface area (Å²) in [6, 6.07) is 2.31. The fraction of sp³-hybridized carbons (Fsp3) is 0.692. The van der Waals surface area contributed by atoms with E-state index in [-0.39, 0.29) is 5.92 Å². The molecule has 0 heterocycles. The quantitative estimate of drug-likeness (QED) is 0.605. The predicted octanol–water partition coefficient (Wildman–Crippen LogP) is 3.68. The maximum atomic E-state index is 8.72. The highest BCUT2D eigenvalue weighted by Crippen LogP contribution is 2.44. The molecule has 14 heavy (non-hydrogen) atoms. The van der Waals surface area contributed by atoms with Gasteiger partial charge in [-0.15, -0.1) is 5.73 Å². The van der Waals surface area contributed by atoms with Crippen molar-refractivity contribution in [1.82, 2.24) is 0 Å². The van der Waals surface area contributed by atoms with E-state index in [1.165, 1.54) is 18.4 Å². The summed E-state index contributed by atoms with van der Waals surface area (Å²) < 4.78 is 0. The lowest BCUT2D eigenvalue weighted by Crippen LogP contribution is -1.91. The molecule has 0 amide bonds. The van der Waals surface area contributed by atoms with Crippen LogP contribution in [0.15, 0.2) is 17.9 Å². The highest BCUT2D eigenvalue weighted by atomic mass is 14.4. The third kappa shape index (κ3) is 3.05. The molecule has 2 unspecified atom stereocenters. The average molecular weight is 189 g/mol. The number of allylic oxidation sites excluding steroid dienone is 1. The van der Waals surface area contributed by atoms with E-state index < -0.39 is 0 Å². The highest BCUT2D eigenvalue weighted by molar-refractivity contribution is 5.19. The molecular weight excluding hydrogens is 170 g/mol. The van der Waals surface area contributed by atoms with Gasteiger partial charge in [-0.25, -0.2) is 0 Å². The lowest BCUT2D eigenvalue weighted by Gasteiger charge is -2.05. The fourth-order valence-electron chi connectivity index (χ4n) is 1.83. The minimum absolute atomic E-state index is 0.262. The molecule has 1 rings (SSSR count). The van der Waals surface area contributed by atoms with Crippen molar-refractivity contribution >= 4 is 0 Å². The Morgan fingerprint density at radius 2 is 2.29 bits per heavy atom. The molecule has 0 radical (unpaired) electrons. The summed E-state index contributed by atoms with van der Waals surface area (Å²) >= 11 is 0. The van der Waals surface area contributed by atoms with Gasteiger partial charge in [0.2, 0.25) is 0 Å². The molecule has 0 spiro atoms. The van der Waals surface area contributed by atoms with Crippen LogP contribution in [0.5, 0.6) is 0 Å². The zero-order chi connectivity index (χ0) is 10.6. The van der Waals surface area contributed by atoms with Gasteiger partial charge >= 0.3 is 0 Å².